The van der Waals surface area contributed by atoms with E-state index in [0.717, 1.165) is 37.0 Å². The normalized spacial score (nSPS) is 14.8. The van der Waals surface area contributed by atoms with Gasteiger partial charge >= 0.3 is 0 Å². The predicted octanol–water partition coefficient (Wildman–Crippen LogP) is 5.64. The number of carbonyl (C=O) groups excluding carboxylic acids is 2. The second-order valence-electron chi connectivity index (χ2n) is 8.50. The minimum absolute atomic E-state index is 0.124. The highest BCUT2D eigenvalue weighted by Crippen LogP contribution is 2.28. The highest BCUT2D eigenvalue weighted by Gasteiger charge is 2.30. The van der Waals surface area contributed by atoms with Gasteiger partial charge in [0.2, 0.25) is 5.91 Å². The Balaban J connectivity index is 1.77. The predicted molar refractivity (Wildman–Crippen MR) is 135 cm³/mol. The van der Waals surface area contributed by atoms with E-state index < -0.39 is 6.04 Å². The zero-order valence-corrected chi connectivity index (χ0v) is 21.2. The number of hydrogen-bond acceptors (Lipinski definition) is 4. The van der Waals surface area contributed by atoms with Crippen molar-refractivity contribution in [2.24, 2.45) is 0 Å². The molecule has 1 N–H and O–H groups in total. The summed E-state index contributed by atoms with van der Waals surface area (Å²) in [6, 6.07) is 11.8. The van der Waals surface area contributed by atoms with Crippen molar-refractivity contribution in [3.8, 4) is 11.5 Å². The Labute approximate surface area is 211 Å². The van der Waals surface area contributed by atoms with Gasteiger partial charge in [0, 0.05) is 17.6 Å². The lowest BCUT2D eigenvalue weighted by Gasteiger charge is -2.32. The summed E-state index contributed by atoms with van der Waals surface area (Å²) in [5, 5.41) is 3.97. The number of carbonyl (C=O) groups is 2. The maximum Gasteiger partial charge on any atom is 0.261 e. The third-order valence-corrected chi connectivity index (χ3v) is 6.62. The first-order valence-corrected chi connectivity index (χ1v) is 12.5. The van der Waals surface area contributed by atoms with Gasteiger partial charge < -0.3 is 19.7 Å². The molecule has 2 aromatic carbocycles. The number of ether oxygens (including phenoxy) is 2. The first-order valence-electron chi connectivity index (χ1n) is 11.7. The van der Waals surface area contributed by atoms with Crippen LogP contribution in [0.2, 0.25) is 10.0 Å². The Morgan fingerprint density at radius 3 is 2.41 bits per heavy atom. The Kier molecular flexibility index (Phi) is 9.90. The third kappa shape index (κ3) is 7.28. The molecule has 1 saturated carbocycles. The molecule has 1 aliphatic rings. The average molecular weight is 507 g/mol. The van der Waals surface area contributed by atoms with Gasteiger partial charge in [-0.25, -0.2) is 0 Å². The third-order valence-electron chi connectivity index (χ3n) is 6.09. The van der Waals surface area contributed by atoms with Gasteiger partial charge in [-0.1, -0.05) is 61.5 Å². The number of rotatable bonds is 10. The van der Waals surface area contributed by atoms with Gasteiger partial charge in [-0.15, -0.1) is 0 Å². The van der Waals surface area contributed by atoms with E-state index in [1.807, 2.05) is 31.2 Å². The summed E-state index contributed by atoms with van der Waals surface area (Å²) in [6.45, 7) is 1.94. The second kappa shape index (κ2) is 12.9. The Hall–Kier alpha value is -2.44. The molecule has 0 aliphatic heterocycles. The maximum absolute atomic E-state index is 13.3. The molecule has 1 fully saturated rings. The number of amides is 2. The SMILES string of the molecule is CCC(C(=O)NC1CCCCC1)N(Cc1ccc(OC)cc1)C(=O)COc1ccc(Cl)cc1Cl. The van der Waals surface area contributed by atoms with Crippen molar-refractivity contribution in [3.05, 3.63) is 58.1 Å². The number of methoxy groups -OCH3 is 1. The fourth-order valence-corrected chi connectivity index (χ4v) is 4.67. The van der Waals surface area contributed by atoms with E-state index in [1.165, 1.54) is 6.42 Å². The van der Waals surface area contributed by atoms with Crippen LogP contribution in [-0.4, -0.2) is 42.5 Å². The van der Waals surface area contributed by atoms with Crippen LogP contribution in [0.25, 0.3) is 0 Å². The summed E-state index contributed by atoms with van der Waals surface area (Å²) < 4.78 is 10.9. The molecule has 2 aromatic rings. The van der Waals surface area contributed by atoms with E-state index in [4.69, 9.17) is 32.7 Å². The summed E-state index contributed by atoms with van der Waals surface area (Å²) in [7, 11) is 1.60. The number of halogens is 2. The summed E-state index contributed by atoms with van der Waals surface area (Å²) in [4.78, 5) is 28.2. The zero-order chi connectivity index (χ0) is 24.5. The zero-order valence-electron chi connectivity index (χ0n) is 19.7. The van der Waals surface area contributed by atoms with Gasteiger partial charge in [0.25, 0.3) is 5.91 Å². The summed E-state index contributed by atoms with van der Waals surface area (Å²) in [6.07, 6.45) is 5.88. The standard InChI is InChI=1S/C26H32Cl2N2O4/c1-3-23(26(32)29-20-7-5-4-6-8-20)30(16-18-9-12-21(33-2)13-10-18)25(31)17-34-24-14-11-19(27)15-22(24)28/h9-15,20,23H,3-8,16-17H2,1-2H3,(H,29,32). The second-order valence-corrected chi connectivity index (χ2v) is 9.34. The van der Waals surface area contributed by atoms with E-state index in [9.17, 15) is 9.59 Å². The lowest BCUT2D eigenvalue weighted by Crippen LogP contribution is -2.52. The van der Waals surface area contributed by atoms with Crippen LogP contribution < -0.4 is 14.8 Å². The van der Waals surface area contributed by atoms with Crippen molar-refractivity contribution in [1.29, 1.82) is 0 Å². The van der Waals surface area contributed by atoms with E-state index in [1.54, 1.807) is 30.2 Å². The van der Waals surface area contributed by atoms with Crippen molar-refractivity contribution in [3.63, 3.8) is 0 Å². The molecule has 0 heterocycles. The summed E-state index contributed by atoms with van der Waals surface area (Å²) in [5.41, 5.74) is 0.891. The van der Waals surface area contributed by atoms with Crippen molar-refractivity contribution in [1.82, 2.24) is 10.2 Å². The minimum Gasteiger partial charge on any atom is -0.497 e. The fourth-order valence-electron chi connectivity index (χ4n) is 4.21. The molecule has 0 saturated heterocycles. The maximum atomic E-state index is 13.3. The summed E-state index contributed by atoms with van der Waals surface area (Å²) >= 11 is 12.1. The number of nitrogens with one attached hydrogen (secondary N) is 1. The minimum atomic E-state index is -0.610. The number of benzene rings is 2. The van der Waals surface area contributed by atoms with E-state index in [0.29, 0.717) is 22.2 Å². The Morgan fingerprint density at radius 2 is 1.79 bits per heavy atom. The van der Waals surface area contributed by atoms with E-state index in [2.05, 4.69) is 5.32 Å². The molecule has 3 rings (SSSR count). The van der Waals surface area contributed by atoms with Crippen molar-refractivity contribution in [2.45, 2.75) is 64.1 Å². The van der Waals surface area contributed by atoms with Crippen LogP contribution >= 0.6 is 23.2 Å². The summed E-state index contributed by atoms with van der Waals surface area (Å²) in [5.74, 6) is 0.668. The monoisotopic (exact) mass is 506 g/mol. The van der Waals surface area contributed by atoms with Gasteiger partial charge in [0.15, 0.2) is 6.61 Å². The largest absolute Gasteiger partial charge is 0.497 e. The van der Waals surface area contributed by atoms with Gasteiger partial charge in [-0.3, -0.25) is 9.59 Å². The molecule has 8 heteroatoms. The molecule has 0 spiro atoms. The Morgan fingerprint density at radius 1 is 1.09 bits per heavy atom. The van der Waals surface area contributed by atoms with E-state index in [-0.39, 0.29) is 31.0 Å². The number of nitrogens with zero attached hydrogens (tertiary/aromatic N) is 1. The van der Waals surface area contributed by atoms with Crippen LogP contribution in [0, 0.1) is 0 Å². The topological polar surface area (TPSA) is 67.9 Å². The van der Waals surface area contributed by atoms with Crippen molar-refractivity contribution in [2.75, 3.05) is 13.7 Å². The van der Waals surface area contributed by atoms with Crippen LogP contribution in [0.15, 0.2) is 42.5 Å². The lowest BCUT2D eigenvalue weighted by atomic mass is 9.95. The molecule has 184 valence electrons. The molecule has 1 atom stereocenters. The average Bonchev–Trinajstić information content (AvgIpc) is 2.84. The fraction of sp³-hybridized carbons (Fsp3) is 0.462. The first kappa shape index (κ1) is 26.2. The van der Waals surface area contributed by atoms with Crippen LogP contribution in [0.1, 0.15) is 51.0 Å². The molecule has 2 amide bonds. The van der Waals surface area contributed by atoms with Crippen molar-refractivity contribution < 1.29 is 19.1 Å². The number of hydrogen-bond donors (Lipinski definition) is 1. The van der Waals surface area contributed by atoms with Crippen LogP contribution in [-0.2, 0) is 16.1 Å². The highest BCUT2D eigenvalue weighted by atomic mass is 35.5. The molecular formula is C26H32Cl2N2O4. The quantitative estimate of drug-likeness (QED) is 0.452. The molecule has 1 aliphatic carbocycles. The lowest BCUT2D eigenvalue weighted by molar-refractivity contribution is -0.143. The van der Waals surface area contributed by atoms with Gasteiger partial charge in [-0.2, -0.15) is 0 Å². The molecule has 6 nitrogen and oxygen atoms in total. The molecular weight excluding hydrogens is 475 g/mol. The smallest absolute Gasteiger partial charge is 0.261 e. The molecule has 1 unspecified atom stereocenters. The molecule has 0 radical (unpaired) electrons. The van der Waals surface area contributed by atoms with Gasteiger partial charge in [-0.05, 0) is 55.2 Å². The van der Waals surface area contributed by atoms with Crippen LogP contribution in [0.5, 0.6) is 11.5 Å². The first-order chi connectivity index (χ1) is 16.4. The molecule has 0 aromatic heterocycles. The van der Waals surface area contributed by atoms with E-state index >= 15 is 0 Å². The van der Waals surface area contributed by atoms with Crippen LogP contribution in [0.3, 0.4) is 0 Å². The van der Waals surface area contributed by atoms with Crippen molar-refractivity contribution >= 4 is 35.0 Å². The molecule has 0 bridgehead atoms. The highest BCUT2D eigenvalue weighted by molar-refractivity contribution is 6.35. The Bertz CT molecular complexity index is 962. The molecule has 34 heavy (non-hydrogen) atoms. The van der Waals surface area contributed by atoms with Crippen LogP contribution in [0.4, 0.5) is 0 Å². The van der Waals surface area contributed by atoms with Gasteiger partial charge in [0.05, 0.1) is 12.1 Å². The van der Waals surface area contributed by atoms with Gasteiger partial charge in [0.1, 0.15) is 17.5 Å².